The van der Waals surface area contributed by atoms with Gasteiger partial charge in [0.15, 0.2) is 12.1 Å². The number of rotatable bonds is 4. The highest BCUT2D eigenvalue weighted by Gasteiger charge is 2.51. The molecule has 3 heterocycles. The first-order valence-corrected chi connectivity index (χ1v) is 16.7. The number of carbonyl (C=O) groups excluding carboxylic acids is 2. The molecule has 0 amide bonds. The summed E-state index contributed by atoms with van der Waals surface area (Å²) in [6, 6.07) is -0.458. The molecule has 2 fully saturated rings. The number of hydrogen-bond acceptors (Lipinski definition) is 11. The number of carbonyl (C=O) groups is 2. The molecule has 0 aromatic heterocycles. The molecule has 45 heavy (non-hydrogen) atoms. The normalized spacial score (nSPS) is 45.9. The van der Waals surface area contributed by atoms with E-state index in [0.29, 0.717) is 25.8 Å². The van der Waals surface area contributed by atoms with Crippen LogP contribution >= 0.6 is 0 Å². The van der Waals surface area contributed by atoms with E-state index in [4.69, 9.17) is 23.7 Å². The minimum absolute atomic E-state index is 0.0548. The molecular weight excluding hydrogens is 580 g/mol. The van der Waals surface area contributed by atoms with Gasteiger partial charge in [0.05, 0.1) is 31.0 Å². The van der Waals surface area contributed by atoms with Crippen molar-refractivity contribution in [3.8, 4) is 0 Å². The third-order valence-corrected chi connectivity index (χ3v) is 10.2. The number of ether oxygens (including phenoxy) is 5. The largest absolute Gasteiger partial charge is 0.459 e. The molecule has 1 unspecified atom stereocenters. The Bertz CT molecular complexity index is 1020. The fourth-order valence-electron chi connectivity index (χ4n) is 7.52. The summed E-state index contributed by atoms with van der Waals surface area (Å²) in [7, 11) is 5.81. The first kappa shape index (κ1) is 38.0. The Balaban J connectivity index is 2.17. The highest BCUT2D eigenvalue weighted by molar-refractivity contribution is 6.00. The van der Waals surface area contributed by atoms with Gasteiger partial charge < -0.3 is 43.7 Å². The van der Waals surface area contributed by atoms with Crippen molar-refractivity contribution in [2.24, 2.45) is 17.8 Å². The maximum atomic E-state index is 14.1. The Hall–Kier alpha value is -1.44. The van der Waals surface area contributed by atoms with Crippen LogP contribution in [-0.4, -0.2) is 133 Å². The topological polar surface area (TPSA) is 127 Å². The molecule has 11 nitrogen and oxygen atoms in total. The lowest BCUT2D eigenvalue weighted by Crippen LogP contribution is -2.60. The summed E-state index contributed by atoms with van der Waals surface area (Å²) < 4.78 is 31.7. The van der Waals surface area contributed by atoms with Crippen LogP contribution in [-0.2, 0) is 33.3 Å². The van der Waals surface area contributed by atoms with Gasteiger partial charge in [-0.2, -0.15) is 0 Å². The molecule has 11 heteroatoms. The standard InChI is InChI=1S/C34H60N2O9/c1-12-26-34(8,40)30-24(6)36(11)19-20(2)18-33(7,42-16-14-13-15-41-30)29(22(4)27(37)23(5)31(39)44-26)45-32-28(38)25(35(9)10)17-21(3)43-32/h13-14,20-26,28-30,32,38,40H,12,15-19H2,1-11H3/b14-13-/t20-,21-,22+,23?,24-,25+,26-,28-,29-,30+,32+,33-,34-/m1/s1. The smallest absolute Gasteiger partial charge is 0.316 e. The van der Waals surface area contributed by atoms with Gasteiger partial charge in [0.1, 0.15) is 29.8 Å². The van der Waals surface area contributed by atoms with Gasteiger partial charge in [-0.1, -0.05) is 32.9 Å². The molecule has 0 aliphatic carbocycles. The Morgan fingerprint density at radius 2 is 1.73 bits per heavy atom. The Morgan fingerprint density at radius 1 is 1.09 bits per heavy atom. The molecule has 2 bridgehead atoms. The summed E-state index contributed by atoms with van der Waals surface area (Å²) in [4.78, 5) is 31.8. The Kier molecular flexibility index (Phi) is 13.2. The number of Topliss-reactive ketones (excluding diaryl/α,β-unsaturated/α-hetero) is 1. The van der Waals surface area contributed by atoms with Crippen LogP contribution < -0.4 is 0 Å². The van der Waals surface area contributed by atoms with Gasteiger partial charge in [-0.15, -0.1) is 0 Å². The number of ketones is 1. The van der Waals surface area contributed by atoms with E-state index in [1.165, 1.54) is 6.92 Å². The first-order valence-electron chi connectivity index (χ1n) is 16.7. The molecule has 0 aromatic carbocycles. The molecule has 0 radical (unpaired) electrons. The van der Waals surface area contributed by atoms with E-state index in [9.17, 15) is 19.8 Å². The van der Waals surface area contributed by atoms with Gasteiger partial charge in [-0.25, -0.2) is 0 Å². The van der Waals surface area contributed by atoms with E-state index >= 15 is 0 Å². The number of aliphatic hydroxyl groups excluding tert-OH is 1. The molecule has 3 aliphatic heterocycles. The third kappa shape index (κ3) is 8.73. The zero-order valence-electron chi connectivity index (χ0n) is 29.4. The summed E-state index contributed by atoms with van der Waals surface area (Å²) in [6.45, 7) is 15.8. The van der Waals surface area contributed by atoms with Crippen LogP contribution in [0.1, 0.15) is 74.7 Å². The lowest BCUT2D eigenvalue weighted by molar-refractivity contribution is -0.297. The van der Waals surface area contributed by atoms with E-state index in [-0.39, 0.29) is 43.1 Å². The van der Waals surface area contributed by atoms with Crippen molar-refractivity contribution in [1.82, 2.24) is 9.80 Å². The Labute approximate surface area is 270 Å². The van der Waals surface area contributed by atoms with Crippen LogP contribution in [0.5, 0.6) is 0 Å². The summed E-state index contributed by atoms with van der Waals surface area (Å²) in [6.07, 6.45) is 0.514. The number of nitrogens with zero attached hydrogens (tertiary/aromatic N) is 2. The minimum atomic E-state index is -1.55. The van der Waals surface area contributed by atoms with E-state index in [0.717, 1.165) is 0 Å². The first-order chi connectivity index (χ1) is 20.9. The van der Waals surface area contributed by atoms with Gasteiger partial charge >= 0.3 is 5.97 Å². The lowest BCUT2D eigenvalue weighted by Gasteiger charge is -2.47. The maximum absolute atomic E-state index is 14.1. The summed E-state index contributed by atoms with van der Waals surface area (Å²) in [5.41, 5.74) is -2.56. The van der Waals surface area contributed by atoms with E-state index in [1.807, 2.05) is 65.9 Å². The molecule has 2 saturated heterocycles. The van der Waals surface area contributed by atoms with E-state index in [2.05, 4.69) is 11.8 Å². The quantitative estimate of drug-likeness (QED) is 0.268. The SMILES string of the molecule is CC[C@H]1OC(=O)C(C)C(=O)[C@H](C)[C@@H](O[C@@H]2O[C@H](C)C[C@H](N(C)C)[C@H]2O)[C@@]2(C)C[C@@H](C)CN(C)[C@H](C)[C@H](OC/C=C\CO2)[C@]1(C)O. The number of hydrogen-bond donors (Lipinski definition) is 2. The fraction of sp³-hybridized carbons (Fsp3) is 0.882. The Morgan fingerprint density at radius 3 is 2.36 bits per heavy atom. The van der Waals surface area contributed by atoms with Crippen molar-refractivity contribution in [1.29, 1.82) is 0 Å². The van der Waals surface area contributed by atoms with Crippen LogP contribution in [0, 0.1) is 17.8 Å². The highest BCUT2D eigenvalue weighted by Crippen LogP contribution is 2.38. The van der Waals surface area contributed by atoms with Crippen molar-refractivity contribution >= 4 is 11.8 Å². The zero-order chi connectivity index (χ0) is 33.9. The third-order valence-electron chi connectivity index (χ3n) is 10.2. The molecule has 13 atom stereocenters. The van der Waals surface area contributed by atoms with Gasteiger partial charge in [-0.3, -0.25) is 9.59 Å². The number of esters is 1. The van der Waals surface area contributed by atoms with Crippen molar-refractivity contribution in [3.63, 3.8) is 0 Å². The predicted molar refractivity (Wildman–Crippen MR) is 171 cm³/mol. The van der Waals surface area contributed by atoms with Crippen LogP contribution in [0.2, 0.25) is 0 Å². The molecule has 2 N–H and O–H groups in total. The van der Waals surface area contributed by atoms with Crippen LogP contribution in [0.25, 0.3) is 0 Å². The van der Waals surface area contributed by atoms with Crippen molar-refractivity contribution in [2.75, 3.05) is 40.9 Å². The average Bonchev–Trinajstić information content (AvgIpc) is 2.97. The van der Waals surface area contributed by atoms with Crippen molar-refractivity contribution in [3.05, 3.63) is 12.2 Å². The van der Waals surface area contributed by atoms with Gasteiger partial charge in [-0.05, 0) is 80.9 Å². The molecule has 0 saturated carbocycles. The molecule has 3 aliphatic rings. The monoisotopic (exact) mass is 640 g/mol. The summed E-state index contributed by atoms with van der Waals surface area (Å²) >= 11 is 0. The highest BCUT2D eigenvalue weighted by atomic mass is 16.7. The lowest BCUT2D eigenvalue weighted by atomic mass is 9.78. The number of likely N-dealkylation sites (N-methyl/N-ethyl adjacent to an activating group) is 2. The van der Waals surface area contributed by atoms with Crippen molar-refractivity contribution in [2.45, 2.75) is 135 Å². The van der Waals surface area contributed by atoms with Crippen molar-refractivity contribution < 1.29 is 43.5 Å². The summed E-state index contributed by atoms with van der Waals surface area (Å²) in [5.74, 6) is -3.00. The molecule has 260 valence electrons. The average molecular weight is 641 g/mol. The molecule has 0 aromatic rings. The molecule has 3 rings (SSSR count). The van der Waals surface area contributed by atoms with E-state index in [1.54, 1.807) is 13.8 Å². The summed E-state index contributed by atoms with van der Waals surface area (Å²) in [5, 5.41) is 23.3. The second-order valence-corrected chi connectivity index (χ2v) is 14.4. The van der Waals surface area contributed by atoms with Gasteiger partial charge in [0.25, 0.3) is 0 Å². The van der Waals surface area contributed by atoms with Gasteiger partial charge in [0, 0.05) is 24.5 Å². The second-order valence-electron chi connectivity index (χ2n) is 14.4. The van der Waals surface area contributed by atoms with Crippen LogP contribution in [0.3, 0.4) is 0 Å². The maximum Gasteiger partial charge on any atom is 0.316 e. The molecule has 0 spiro atoms. The fourth-order valence-corrected chi connectivity index (χ4v) is 7.52. The van der Waals surface area contributed by atoms with Gasteiger partial charge in [0.2, 0.25) is 0 Å². The zero-order valence-corrected chi connectivity index (χ0v) is 29.4. The predicted octanol–water partition coefficient (Wildman–Crippen LogP) is 2.80. The van der Waals surface area contributed by atoms with Crippen LogP contribution in [0.15, 0.2) is 12.2 Å². The second kappa shape index (κ2) is 15.6. The van der Waals surface area contributed by atoms with Crippen LogP contribution in [0.4, 0.5) is 0 Å². The number of fused-ring (bicyclic) bond motifs is 6. The number of cyclic esters (lactones) is 1. The number of aliphatic hydroxyl groups is 2. The minimum Gasteiger partial charge on any atom is -0.459 e. The van der Waals surface area contributed by atoms with E-state index < -0.39 is 59.7 Å². The molecular formula is C34H60N2O9.